The van der Waals surface area contributed by atoms with Gasteiger partial charge < -0.3 is 5.11 Å². The van der Waals surface area contributed by atoms with Crippen LogP contribution in [0.2, 0.25) is 5.02 Å². The van der Waals surface area contributed by atoms with Crippen molar-refractivity contribution in [2.45, 2.75) is 0 Å². The zero-order chi connectivity index (χ0) is 15.5. The zero-order valence-electron chi connectivity index (χ0n) is 11.3. The molecule has 4 nitrogen and oxygen atoms in total. The minimum Gasteiger partial charge on any atom is -0.506 e. The molecule has 3 aromatic rings. The lowest BCUT2D eigenvalue weighted by Gasteiger charge is -2.01. The van der Waals surface area contributed by atoms with Gasteiger partial charge in [-0.25, -0.2) is 5.43 Å². The molecule has 6 heteroatoms. The highest BCUT2D eigenvalue weighted by atomic mass is 35.5. The van der Waals surface area contributed by atoms with Crippen LogP contribution in [0.15, 0.2) is 53.6 Å². The van der Waals surface area contributed by atoms with Gasteiger partial charge in [0.1, 0.15) is 5.75 Å². The topological polar surface area (TPSA) is 61.7 Å². The summed E-state index contributed by atoms with van der Waals surface area (Å²) in [5.74, 6) is -0.237. The fourth-order valence-corrected chi connectivity index (χ4v) is 3.19. The second kappa shape index (κ2) is 6.17. The number of rotatable bonds is 3. The van der Waals surface area contributed by atoms with Crippen molar-refractivity contribution in [3.63, 3.8) is 0 Å². The van der Waals surface area contributed by atoms with Gasteiger partial charge in [-0.05, 0) is 24.3 Å². The average Bonchev–Trinajstić information content (AvgIpc) is 2.84. The standard InChI is InChI=1S/C16H11ClN2O2S/c17-12-7-3-1-5-10(12)16(21)19-18-9-14-15(20)11-6-2-4-8-13(11)22-14/h1-9,20H,(H,19,21)/b18-9-. The molecule has 0 aliphatic heterocycles. The highest BCUT2D eigenvalue weighted by Crippen LogP contribution is 2.35. The van der Waals surface area contributed by atoms with Crippen LogP contribution in [0, 0.1) is 0 Å². The molecule has 1 amide bonds. The molecule has 0 saturated heterocycles. The number of thiophene rings is 1. The van der Waals surface area contributed by atoms with Gasteiger partial charge in [-0.3, -0.25) is 4.79 Å². The van der Waals surface area contributed by atoms with Crippen molar-refractivity contribution >= 4 is 45.1 Å². The number of hydrogen-bond acceptors (Lipinski definition) is 4. The summed E-state index contributed by atoms with van der Waals surface area (Å²) in [4.78, 5) is 12.5. The SMILES string of the molecule is O=C(N/N=C\c1sc2ccccc2c1O)c1ccccc1Cl. The number of carbonyl (C=O) groups excluding carboxylic acids is 1. The maximum Gasteiger partial charge on any atom is 0.272 e. The molecule has 0 bridgehead atoms. The minimum atomic E-state index is -0.401. The maximum absolute atomic E-state index is 11.9. The molecule has 0 atom stereocenters. The molecular formula is C16H11ClN2O2S. The van der Waals surface area contributed by atoms with Crippen LogP contribution in [-0.4, -0.2) is 17.2 Å². The molecule has 0 saturated carbocycles. The second-order valence-corrected chi connectivity index (χ2v) is 5.98. The normalized spacial score (nSPS) is 11.1. The van der Waals surface area contributed by atoms with E-state index in [-0.39, 0.29) is 5.75 Å². The summed E-state index contributed by atoms with van der Waals surface area (Å²) < 4.78 is 0.957. The highest BCUT2D eigenvalue weighted by Gasteiger charge is 2.10. The molecule has 2 aromatic carbocycles. The van der Waals surface area contributed by atoms with Crippen molar-refractivity contribution in [1.29, 1.82) is 0 Å². The maximum atomic E-state index is 11.9. The van der Waals surface area contributed by atoms with E-state index in [1.165, 1.54) is 17.6 Å². The summed E-state index contributed by atoms with van der Waals surface area (Å²) in [6.07, 6.45) is 1.43. The molecular weight excluding hydrogens is 320 g/mol. The van der Waals surface area contributed by atoms with Crippen LogP contribution in [0.5, 0.6) is 5.75 Å². The Labute approximate surface area is 135 Å². The van der Waals surface area contributed by atoms with E-state index >= 15 is 0 Å². The van der Waals surface area contributed by atoms with Gasteiger partial charge in [0.25, 0.3) is 5.91 Å². The Morgan fingerprint density at radius 3 is 2.68 bits per heavy atom. The number of amides is 1. The highest BCUT2D eigenvalue weighted by molar-refractivity contribution is 7.21. The Bertz CT molecular complexity index is 873. The van der Waals surface area contributed by atoms with Gasteiger partial charge in [-0.2, -0.15) is 5.10 Å². The van der Waals surface area contributed by atoms with Crippen molar-refractivity contribution in [3.8, 4) is 5.75 Å². The summed E-state index contributed by atoms with van der Waals surface area (Å²) >= 11 is 7.34. The van der Waals surface area contributed by atoms with E-state index in [4.69, 9.17) is 11.6 Å². The van der Waals surface area contributed by atoms with Gasteiger partial charge in [0, 0.05) is 10.1 Å². The van der Waals surface area contributed by atoms with Crippen LogP contribution in [0.3, 0.4) is 0 Å². The van der Waals surface area contributed by atoms with Crippen molar-refractivity contribution in [1.82, 2.24) is 5.43 Å². The van der Waals surface area contributed by atoms with Gasteiger partial charge >= 0.3 is 0 Å². The molecule has 1 heterocycles. The van der Waals surface area contributed by atoms with Crippen molar-refractivity contribution < 1.29 is 9.90 Å². The van der Waals surface area contributed by atoms with Gasteiger partial charge in [0.2, 0.25) is 0 Å². The van der Waals surface area contributed by atoms with Crippen LogP contribution in [0.25, 0.3) is 10.1 Å². The average molecular weight is 331 g/mol. The van der Waals surface area contributed by atoms with Gasteiger partial charge in [0.05, 0.1) is 21.7 Å². The monoisotopic (exact) mass is 330 g/mol. The first-order valence-corrected chi connectivity index (χ1v) is 7.64. The Morgan fingerprint density at radius 2 is 1.91 bits per heavy atom. The number of halogens is 1. The first-order valence-electron chi connectivity index (χ1n) is 6.45. The molecule has 2 N–H and O–H groups in total. The number of nitrogens with one attached hydrogen (secondary N) is 1. The van der Waals surface area contributed by atoms with Crippen LogP contribution in [0.4, 0.5) is 0 Å². The molecule has 3 rings (SSSR count). The third-order valence-corrected chi connectivity index (χ3v) is 4.49. The summed E-state index contributed by atoms with van der Waals surface area (Å²) in [6, 6.07) is 14.2. The van der Waals surface area contributed by atoms with Gasteiger partial charge in [-0.1, -0.05) is 35.9 Å². The van der Waals surface area contributed by atoms with Crippen LogP contribution in [0.1, 0.15) is 15.2 Å². The Balaban J connectivity index is 1.78. The van der Waals surface area contributed by atoms with Crippen molar-refractivity contribution in [2.75, 3.05) is 0 Å². The molecule has 0 fully saturated rings. The Hall–Kier alpha value is -2.37. The lowest BCUT2D eigenvalue weighted by atomic mass is 10.2. The van der Waals surface area contributed by atoms with Crippen LogP contribution < -0.4 is 5.43 Å². The minimum absolute atomic E-state index is 0.163. The smallest absolute Gasteiger partial charge is 0.272 e. The molecule has 22 heavy (non-hydrogen) atoms. The third-order valence-electron chi connectivity index (χ3n) is 3.06. The number of carbonyl (C=O) groups is 1. The van der Waals surface area contributed by atoms with E-state index in [1.54, 1.807) is 24.3 Å². The van der Waals surface area contributed by atoms with Crippen molar-refractivity contribution in [3.05, 3.63) is 64.0 Å². The number of hydrazone groups is 1. The van der Waals surface area contributed by atoms with Crippen LogP contribution >= 0.6 is 22.9 Å². The van der Waals surface area contributed by atoms with Crippen molar-refractivity contribution in [2.24, 2.45) is 5.10 Å². The second-order valence-electron chi connectivity index (χ2n) is 4.49. The Kier molecular flexibility index (Phi) is 4.09. The number of hydrogen-bond donors (Lipinski definition) is 2. The molecule has 0 spiro atoms. The summed E-state index contributed by atoms with van der Waals surface area (Å²) in [6.45, 7) is 0. The number of nitrogens with zero attached hydrogens (tertiary/aromatic N) is 1. The fourth-order valence-electron chi connectivity index (χ4n) is 1.99. The van der Waals surface area contributed by atoms with E-state index in [9.17, 15) is 9.90 Å². The molecule has 110 valence electrons. The number of fused-ring (bicyclic) bond motifs is 1. The van der Waals surface area contributed by atoms with E-state index in [1.807, 2.05) is 24.3 Å². The number of aromatic hydroxyl groups is 1. The molecule has 0 radical (unpaired) electrons. The fraction of sp³-hybridized carbons (Fsp3) is 0. The molecule has 1 aromatic heterocycles. The van der Waals surface area contributed by atoms with E-state index < -0.39 is 5.91 Å². The first kappa shape index (κ1) is 14.6. The third kappa shape index (κ3) is 2.81. The quantitative estimate of drug-likeness (QED) is 0.562. The van der Waals surface area contributed by atoms with Crippen LogP contribution in [-0.2, 0) is 0 Å². The van der Waals surface area contributed by atoms with Gasteiger partial charge in [-0.15, -0.1) is 11.3 Å². The predicted molar refractivity (Wildman–Crippen MR) is 90.0 cm³/mol. The van der Waals surface area contributed by atoms with E-state index in [0.717, 1.165) is 10.1 Å². The molecule has 0 aliphatic rings. The summed E-state index contributed by atoms with van der Waals surface area (Å²) in [7, 11) is 0. The number of benzene rings is 2. The zero-order valence-corrected chi connectivity index (χ0v) is 12.9. The van der Waals surface area contributed by atoms with E-state index in [2.05, 4.69) is 10.5 Å². The molecule has 0 unspecified atom stereocenters. The first-order chi connectivity index (χ1) is 10.7. The van der Waals surface area contributed by atoms with E-state index in [0.29, 0.717) is 15.5 Å². The summed E-state index contributed by atoms with van der Waals surface area (Å²) in [5, 5.41) is 15.1. The predicted octanol–water partition coefficient (Wildman–Crippen LogP) is 4.02. The lowest BCUT2D eigenvalue weighted by molar-refractivity contribution is 0.0955. The largest absolute Gasteiger partial charge is 0.506 e. The summed E-state index contributed by atoms with van der Waals surface area (Å²) in [5.41, 5.74) is 2.75. The van der Waals surface area contributed by atoms with Gasteiger partial charge in [0.15, 0.2) is 0 Å². The Morgan fingerprint density at radius 1 is 1.18 bits per heavy atom. The molecule has 0 aliphatic carbocycles. The lowest BCUT2D eigenvalue weighted by Crippen LogP contribution is -2.17.